The third-order valence-corrected chi connectivity index (χ3v) is 4.79. The second-order valence-corrected chi connectivity index (χ2v) is 7.11. The molecule has 0 radical (unpaired) electrons. The van der Waals surface area contributed by atoms with E-state index >= 15 is 0 Å². The lowest BCUT2D eigenvalue weighted by atomic mass is 10.2. The van der Waals surface area contributed by atoms with Crippen molar-refractivity contribution in [3.8, 4) is 0 Å². The summed E-state index contributed by atoms with van der Waals surface area (Å²) in [4.78, 5) is 14.3. The van der Waals surface area contributed by atoms with Gasteiger partial charge in [-0.2, -0.15) is 0 Å². The molecular formula is C19H13BrFNOS. The minimum Gasteiger partial charge on any atom is -0.322 e. The molecule has 5 heteroatoms. The van der Waals surface area contributed by atoms with E-state index in [9.17, 15) is 9.18 Å². The molecule has 0 aliphatic carbocycles. The van der Waals surface area contributed by atoms with Crippen LogP contribution in [0.5, 0.6) is 0 Å². The van der Waals surface area contributed by atoms with E-state index in [1.807, 2.05) is 48.5 Å². The summed E-state index contributed by atoms with van der Waals surface area (Å²) in [5.74, 6) is -0.758. The summed E-state index contributed by atoms with van der Waals surface area (Å²) >= 11 is 5.05. The summed E-state index contributed by atoms with van der Waals surface area (Å²) in [6.07, 6.45) is 0. The Bertz CT molecular complexity index is 850. The van der Waals surface area contributed by atoms with Gasteiger partial charge in [0, 0.05) is 25.5 Å². The lowest BCUT2D eigenvalue weighted by Crippen LogP contribution is -2.11. The first-order chi connectivity index (χ1) is 11.6. The molecule has 0 fully saturated rings. The number of benzene rings is 3. The molecule has 2 nitrogen and oxygen atoms in total. The topological polar surface area (TPSA) is 29.1 Å². The molecule has 1 N–H and O–H groups in total. The van der Waals surface area contributed by atoms with Gasteiger partial charge < -0.3 is 5.32 Å². The van der Waals surface area contributed by atoms with E-state index in [-0.39, 0.29) is 5.91 Å². The maximum Gasteiger partial charge on any atom is 0.255 e. The van der Waals surface area contributed by atoms with Crippen LogP contribution in [0.1, 0.15) is 10.4 Å². The normalized spacial score (nSPS) is 10.4. The SMILES string of the molecule is O=C(Nc1ccc(Sc2ccc(Br)cc2)cc1)c1cccc(F)c1. The van der Waals surface area contributed by atoms with E-state index in [0.717, 1.165) is 14.3 Å². The highest BCUT2D eigenvalue weighted by molar-refractivity contribution is 9.10. The molecule has 3 aromatic rings. The number of nitrogens with one attached hydrogen (secondary N) is 1. The fourth-order valence-corrected chi connectivity index (χ4v) is 3.16. The average molecular weight is 402 g/mol. The van der Waals surface area contributed by atoms with E-state index < -0.39 is 5.82 Å². The fraction of sp³-hybridized carbons (Fsp3) is 0. The summed E-state index contributed by atoms with van der Waals surface area (Å²) in [6.45, 7) is 0. The lowest BCUT2D eigenvalue weighted by Gasteiger charge is -2.07. The number of halogens is 2. The van der Waals surface area contributed by atoms with Crippen molar-refractivity contribution < 1.29 is 9.18 Å². The fourth-order valence-electron chi connectivity index (χ4n) is 2.08. The number of carbonyl (C=O) groups excluding carboxylic acids is 1. The average Bonchev–Trinajstić information content (AvgIpc) is 2.59. The zero-order valence-corrected chi connectivity index (χ0v) is 14.9. The third-order valence-electron chi connectivity index (χ3n) is 3.25. The molecule has 0 saturated heterocycles. The van der Waals surface area contributed by atoms with E-state index in [1.165, 1.54) is 18.2 Å². The van der Waals surface area contributed by atoms with Crippen molar-refractivity contribution in [3.63, 3.8) is 0 Å². The van der Waals surface area contributed by atoms with Crippen LogP contribution in [-0.4, -0.2) is 5.91 Å². The predicted octanol–water partition coefficient (Wildman–Crippen LogP) is 5.99. The zero-order valence-electron chi connectivity index (χ0n) is 12.5. The van der Waals surface area contributed by atoms with E-state index in [4.69, 9.17) is 0 Å². The maximum atomic E-state index is 13.2. The van der Waals surface area contributed by atoms with Gasteiger partial charge in [0.25, 0.3) is 5.91 Å². The highest BCUT2D eigenvalue weighted by atomic mass is 79.9. The Labute approximate surface area is 152 Å². The van der Waals surface area contributed by atoms with Gasteiger partial charge >= 0.3 is 0 Å². The Balaban J connectivity index is 1.66. The van der Waals surface area contributed by atoms with Crippen LogP contribution >= 0.6 is 27.7 Å². The van der Waals surface area contributed by atoms with E-state index in [2.05, 4.69) is 21.2 Å². The van der Waals surface area contributed by atoms with Crippen LogP contribution in [0, 0.1) is 5.82 Å². The van der Waals surface area contributed by atoms with Gasteiger partial charge in [-0.05, 0) is 66.7 Å². The van der Waals surface area contributed by atoms with Gasteiger partial charge in [-0.25, -0.2) is 4.39 Å². The van der Waals surface area contributed by atoms with Crippen LogP contribution in [0.2, 0.25) is 0 Å². The monoisotopic (exact) mass is 401 g/mol. The van der Waals surface area contributed by atoms with E-state index in [1.54, 1.807) is 17.8 Å². The van der Waals surface area contributed by atoms with Crippen molar-refractivity contribution in [2.24, 2.45) is 0 Å². The van der Waals surface area contributed by atoms with Gasteiger partial charge in [0.05, 0.1) is 0 Å². The molecule has 0 aliphatic rings. The molecule has 0 aromatic heterocycles. The summed E-state index contributed by atoms with van der Waals surface area (Å²) in [5.41, 5.74) is 0.965. The third kappa shape index (κ3) is 4.46. The Morgan fingerprint density at radius 3 is 2.17 bits per heavy atom. The zero-order chi connectivity index (χ0) is 16.9. The van der Waals surface area contributed by atoms with Crippen LogP contribution in [0.3, 0.4) is 0 Å². The molecule has 0 unspecified atom stereocenters. The number of hydrogen-bond donors (Lipinski definition) is 1. The number of carbonyl (C=O) groups is 1. The Morgan fingerprint density at radius 1 is 0.917 bits per heavy atom. The van der Waals surface area contributed by atoms with Crippen LogP contribution in [0.4, 0.5) is 10.1 Å². The molecule has 120 valence electrons. The molecular weight excluding hydrogens is 389 g/mol. The van der Waals surface area contributed by atoms with Crippen molar-refractivity contribution in [2.45, 2.75) is 9.79 Å². The number of amides is 1. The standard InChI is InChI=1S/C19H13BrFNOS/c20-14-4-8-17(9-5-14)24-18-10-6-16(7-11-18)22-19(23)13-2-1-3-15(21)12-13/h1-12H,(H,22,23). The van der Waals surface area contributed by atoms with Crippen molar-refractivity contribution in [1.82, 2.24) is 0 Å². The number of hydrogen-bond acceptors (Lipinski definition) is 2. The molecule has 0 atom stereocenters. The summed E-state index contributed by atoms with van der Waals surface area (Å²) in [7, 11) is 0. The molecule has 3 aromatic carbocycles. The second kappa shape index (κ2) is 7.64. The Hall–Kier alpha value is -2.11. The van der Waals surface area contributed by atoms with Crippen LogP contribution < -0.4 is 5.32 Å². The van der Waals surface area contributed by atoms with E-state index in [0.29, 0.717) is 11.3 Å². The van der Waals surface area contributed by atoms with Gasteiger partial charge in [0.1, 0.15) is 5.82 Å². The van der Waals surface area contributed by atoms with Gasteiger partial charge in [-0.15, -0.1) is 0 Å². The highest BCUT2D eigenvalue weighted by Crippen LogP contribution is 2.29. The second-order valence-electron chi connectivity index (χ2n) is 5.04. The van der Waals surface area contributed by atoms with Gasteiger partial charge in [0.15, 0.2) is 0 Å². The van der Waals surface area contributed by atoms with Crippen molar-refractivity contribution in [1.29, 1.82) is 0 Å². The van der Waals surface area contributed by atoms with Crippen LogP contribution in [0.15, 0.2) is 87.1 Å². The molecule has 1 amide bonds. The van der Waals surface area contributed by atoms with Crippen LogP contribution in [0.25, 0.3) is 0 Å². The van der Waals surface area contributed by atoms with Crippen LogP contribution in [-0.2, 0) is 0 Å². The molecule has 3 rings (SSSR count). The summed E-state index contributed by atoms with van der Waals surface area (Å²) in [5, 5.41) is 2.76. The quantitative estimate of drug-likeness (QED) is 0.581. The molecule has 0 spiro atoms. The summed E-state index contributed by atoms with van der Waals surface area (Å²) in [6, 6.07) is 21.2. The summed E-state index contributed by atoms with van der Waals surface area (Å²) < 4.78 is 14.2. The molecule has 0 saturated carbocycles. The van der Waals surface area contributed by atoms with Gasteiger partial charge in [-0.3, -0.25) is 4.79 Å². The number of rotatable bonds is 4. The largest absolute Gasteiger partial charge is 0.322 e. The molecule has 24 heavy (non-hydrogen) atoms. The Morgan fingerprint density at radius 2 is 1.54 bits per heavy atom. The molecule has 0 heterocycles. The minimum absolute atomic E-state index is 0.295. The highest BCUT2D eigenvalue weighted by Gasteiger charge is 2.07. The first-order valence-electron chi connectivity index (χ1n) is 7.20. The minimum atomic E-state index is -0.427. The van der Waals surface area contributed by atoms with Crippen molar-refractivity contribution >= 4 is 39.3 Å². The van der Waals surface area contributed by atoms with Gasteiger partial charge in [0.2, 0.25) is 0 Å². The van der Waals surface area contributed by atoms with Crippen molar-refractivity contribution in [3.05, 3.63) is 88.6 Å². The molecule has 0 aliphatic heterocycles. The number of anilines is 1. The first-order valence-corrected chi connectivity index (χ1v) is 8.81. The Kier molecular flexibility index (Phi) is 5.33. The molecule has 0 bridgehead atoms. The first kappa shape index (κ1) is 16.7. The predicted molar refractivity (Wildman–Crippen MR) is 99.1 cm³/mol. The lowest BCUT2D eigenvalue weighted by molar-refractivity contribution is 0.102. The van der Waals surface area contributed by atoms with Crippen molar-refractivity contribution in [2.75, 3.05) is 5.32 Å². The smallest absolute Gasteiger partial charge is 0.255 e. The maximum absolute atomic E-state index is 13.2. The van der Waals surface area contributed by atoms with Gasteiger partial charge in [-0.1, -0.05) is 33.8 Å².